The molecule has 2 rings (SSSR count). The molecule has 0 saturated heterocycles. The Morgan fingerprint density at radius 2 is 2.00 bits per heavy atom. The molecule has 1 aliphatic carbocycles. The SMILES string of the molecule is CCOC(=O)C1CC(O)(c2ccc(CCO)cc2)C1. The van der Waals surface area contributed by atoms with Crippen LogP contribution in [0.5, 0.6) is 0 Å². The number of ether oxygens (including phenoxy) is 1. The zero-order valence-corrected chi connectivity index (χ0v) is 11.1. The molecule has 1 aromatic rings. The fraction of sp³-hybridized carbons (Fsp3) is 0.533. The predicted octanol–water partition coefficient (Wildman–Crippen LogP) is 1.38. The molecule has 0 bridgehead atoms. The van der Waals surface area contributed by atoms with E-state index in [1.807, 2.05) is 24.3 Å². The summed E-state index contributed by atoms with van der Waals surface area (Å²) in [5, 5.41) is 19.3. The minimum absolute atomic E-state index is 0.120. The molecule has 0 spiro atoms. The first-order valence-corrected chi connectivity index (χ1v) is 6.68. The number of rotatable bonds is 5. The molecule has 1 aromatic carbocycles. The highest BCUT2D eigenvalue weighted by atomic mass is 16.5. The predicted molar refractivity (Wildman–Crippen MR) is 70.5 cm³/mol. The Hall–Kier alpha value is -1.39. The van der Waals surface area contributed by atoms with Gasteiger partial charge >= 0.3 is 5.97 Å². The maximum absolute atomic E-state index is 11.5. The molecule has 4 heteroatoms. The fourth-order valence-corrected chi connectivity index (χ4v) is 2.53. The first-order valence-electron chi connectivity index (χ1n) is 6.68. The lowest BCUT2D eigenvalue weighted by molar-refractivity contribution is -0.165. The van der Waals surface area contributed by atoms with E-state index in [-0.39, 0.29) is 18.5 Å². The van der Waals surface area contributed by atoms with Crippen LogP contribution in [-0.2, 0) is 21.6 Å². The van der Waals surface area contributed by atoms with Crippen molar-refractivity contribution in [3.63, 3.8) is 0 Å². The monoisotopic (exact) mass is 264 g/mol. The zero-order chi connectivity index (χ0) is 13.9. The van der Waals surface area contributed by atoms with Crippen molar-refractivity contribution in [2.45, 2.75) is 31.8 Å². The standard InChI is InChI=1S/C15H20O4/c1-2-19-14(17)12-9-15(18,10-12)13-5-3-11(4-6-13)7-8-16/h3-6,12,16,18H,2,7-10H2,1H3. The van der Waals surface area contributed by atoms with Crippen molar-refractivity contribution in [1.82, 2.24) is 0 Å². The van der Waals surface area contributed by atoms with Crippen LogP contribution in [0.1, 0.15) is 30.9 Å². The summed E-state index contributed by atoms with van der Waals surface area (Å²) < 4.78 is 4.95. The van der Waals surface area contributed by atoms with Gasteiger partial charge in [-0.05, 0) is 37.3 Å². The van der Waals surface area contributed by atoms with Gasteiger partial charge in [0.05, 0.1) is 18.1 Å². The second kappa shape index (κ2) is 5.72. The highest BCUT2D eigenvalue weighted by Crippen LogP contribution is 2.46. The smallest absolute Gasteiger partial charge is 0.309 e. The number of esters is 1. The molecule has 0 heterocycles. The Kier molecular flexibility index (Phi) is 4.22. The Labute approximate surface area is 113 Å². The third-order valence-electron chi connectivity index (χ3n) is 3.68. The summed E-state index contributed by atoms with van der Waals surface area (Å²) in [7, 11) is 0. The summed E-state index contributed by atoms with van der Waals surface area (Å²) in [4.78, 5) is 11.5. The molecule has 0 aromatic heterocycles. The number of aliphatic hydroxyl groups excluding tert-OH is 1. The van der Waals surface area contributed by atoms with Gasteiger partial charge in [-0.25, -0.2) is 0 Å². The zero-order valence-electron chi connectivity index (χ0n) is 11.1. The maximum atomic E-state index is 11.5. The van der Waals surface area contributed by atoms with Gasteiger partial charge in [-0.15, -0.1) is 0 Å². The number of hydrogen-bond donors (Lipinski definition) is 2. The van der Waals surface area contributed by atoms with E-state index < -0.39 is 5.60 Å². The summed E-state index contributed by atoms with van der Waals surface area (Å²) >= 11 is 0. The lowest BCUT2D eigenvalue weighted by Gasteiger charge is -2.42. The molecular formula is C15H20O4. The van der Waals surface area contributed by atoms with E-state index in [0.29, 0.717) is 25.9 Å². The molecule has 4 nitrogen and oxygen atoms in total. The van der Waals surface area contributed by atoms with Crippen LogP contribution in [0.4, 0.5) is 0 Å². The molecular weight excluding hydrogens is 244 g/mol. The van der Waals surface area contributed by atoms with Gasteiger partial charge in [-0.2, -0.15) is 0 Å². The summed E-state index contributed by atoms with van der Waals surface area (Å²) in [6, 6.07) is 7.54. The van der Waals surface area contributed by atoms with Gasteiger partial charge in [0.25, 0.3) is 0 Å². The summed E-state index contributed by atoms with van der Waals surface area (Å²) in [5.74, 6) is -0.411. The molecule has 0 amide bonds. The van der Waals surface area contributed by atoms with Crippen LogP contribution in [0, 0.1) is 5.92 Å². The first-order chi connectivity index (χ1) is 9.09. The number of carbonyl (C=O) groups excluding carboxylic acids is 1. The van der Waals surface area contributed by atoms with E-state index in [1.54, 1.807) is 6.92 Å². The van der Waals surface area contributed by atoms with Crippen LogP contribution in [-0.4, -0.2) is 29.4 Å². The second-order valence-corrected chi connectivity index (χ2v) is 5.06. The maximum Gasteiger partial charge on any atom is 0.309 e. The quantitative estimate of drug-likeness (QED) is 0.789. The van der Waals surface area contributed by atoms with E-state index in [2.05, 4.69) is 0 Å². The molecule has 1 saturated carbocycles. The van der Waals surface area contributed by atoms with Crippen molar-refractivity contribution < 1.29 is 19.7 Å². The molecule has 0 atom stereocenters. The number of carbonyl (C=O) groups is 1. The average Bonchev–Trinajstić information content (AvgIpc) is 2.36. The summed E-state index contributed by atoms with van der Waals surface area (Å²) in [5.41, 5.74) is 0.959. The third kappa shape index (κ3) is 2.96. The number of hydrogen-bond acceptors (Lipinski definition) is 4. The van der Waals surface area contributed by atoms with E-state index in [0.717, 1.165) is 11.1 Å². The molecule has 0 unspecified atom stereocenters. The average molecular weight is 264 g/mol. The van der Waals surface area contributed by atoms with Crippen LogP contribution < -0.4 is 0 Å². The second-order valence-electron chi connectivity index (χ2n) is 5.06. The van der Waals surface area contributed by atoms with E-state index in [1.165, 1.54) is 0 Å². The van der Waals surface area contributed by atoms with Crippen molar-refractivity contribution in [2.75, 3.05) is 13.2 Å². The van der Waals surface area contributed by atoms with Gasteiger partial charge in [0.15, 0.2) is 0 Å². The lowest BCUT2D eigenvalue weighted by atomic mass is 9.67. The normalized spacial score (nSPS) is 25.7. The molecule has 2 N–H and O–H groups in total. The number of benzene rings is 1. The molecule has 0 radical (unpaired) electrons. The van der Waals surface area contributed by atoms with Crippen molar-refractivity contribution in [1.29, 1.82) is 0 Å². The lowest BCUT2D eigenvalue weighted by Crippen LogP contribution is -2.45. The van der Waals surface area contributed by atoms with Gasteiger partial charge in [-0.3, -0.25) is 4.79 Å². The Bertz CT molecular complexity index is 432. The number of aliphatic hydroxyl groups is 2. The van der Waals surface area contributed by atoms with Crippen LogP contribution in [0.15, 0.2) is 24.3 Å². The van der Waals surface area contributed by atoms with E-state index in [9.17, 15) is 9.90 Å². The molecule has 104 valence electrons. The largest absolute Gasteiger partial charge is 0.466 e. The molecule has 0 aliphatic heterocycles. The topological polar surface area (TPSA) is 66.8 Å². The van der Waals surface area contributed by atoms with Gasteiger partial charge < -0.3 is 14.9 Å². The van der Waals surface area contributed by atoms with Crippen LogP contribution in [0.3, 0.4) is 0 Å². The minimum Gasteiger partial charge on any atom is -0.466 e. The van der Waals surface area contributed by atoms with Crippen molar-refractivity contribution >= 4 is 5.97 Å². The highest BCUT2D eigenvalue weighted by molar-refractivity contribution is 5.74. The van der Waals surface area contributed by atoms with Crippen molar-refractivity contribution in [3.8, 4) is 0 Å². The van der Waals surface area contributed by atoms with Gasteiger partial charge in [0.2, 0.25) is 0 Å². The molecule has 1 fully saturated rings. The Balaban J connectivity index is 1.97. The first kappa shape index (κ1) is 14.0. The fourth-order valence-electron chi connectivity index (χ4n) is 2.53. The van der Waals surface area contributed by atoms with Crippen LogP contribution in [0.25, 0.3) is 0 Å². The van der Waals surface area contributed by atoms with Crippen LogP contribution >= 0.6 is 0 Å². The highest BCUT2D eigenvalue weighted by Gasteiger charge is 2.47. The van der Waals surface area contributed by atoms with E-state index >= 15 is 0 Å². The third-order valence-corrected chi connectivity index (χ3v) is 3.68. The van der Waals surface area contributed by atoms with Crippen LogP contribution in [0.2, 0.25) is 0 Å². The summed E-state index contributed by atoms with van der Waals surface area (Å²) in [6.07, 6.45) is 1.46. The minimum atomic E-state index is -0.908. The van der Waals surface area contributed by atoms with Gasteiger partial charge in [0, 0.05) is 6.61 Å². The molecule has 19 heavy (non-hydrogen) atoms. The van der Waals surface area contributed by atoms with Gasteiger partial charge in [-0.1, -0.05) is 24.3 Å². The van der Waals surface area contributed by atoms with Gasteiger partial charge in [0.1, 0.15) is 0 Å². The Morgan fingerprint density at radius 1 is 1.37 bits per heavy atom. The van der Waals surface area contributed by atoms with Crippen molar-refractivity contribution in [3.05, 3.63) is 35.4 Å². The van der Waals surface area contributed by atoms with E-state index in [4.69, 9.17) is 9.84 Å². The Morgan fingerprint density at radius 3 is 2.53 bits per heavy atom. The molecule has 1 aliphatic rings. The summed E-state index contributed by atoms with van der Waals surface area (Å²) in [6.45, 7) is 2.28. The van der Waals surface area contributed by atoms with Crippen molar-refractivity contribution in [2.24, 2.45) is 5.92 Å².